The van der Waals surface area contributed by atoms with Gasteiger partial charge in [0, 0.05) is 30.1 Å². The number of fused-ring (bicyclic) bond motifs is 7. The van der Waals surface area contributed by atoms with Gasteiger partial charge in [0.2, 0.25) is 0 Å². The molecule has 9 unspecified atom stereocenters. The summed E-state index contributed by atoms with van der Waals surface area (Å²) in [5, 5.41) is 20.8. The minimum Gasteiger partial charge on any atom is -0.390 e. The number of hydrogen-bond acceptors (Lipinski definition) is 5. The van der Waals surface area contributed by atoms with E-state index in [-0.39, 0.29) is 28.8 Å². The first kappa shape index (κ1) is 22.0. The molecule has 5 nitrogen and oxygen atoms in total. The number of ketones is 1. The molecule has 0 radical (unpaired) electrons. The summed E-state index contributed by atoms with van der Waals surface area (Å²) in [6.45, 7) is 9.86. The second-order valence-corrected chi connectivity index (χ2v) is 13.1. The van der Waals surface area contributed by atoms with E-state index in [1.165, 1.54) is 0 Å². The fraction of sp³-hybridized carbons (Fsp3) is 0.963. The van der Waals surface area contributed by atoms with Crippen molar-refractivity contribution in [1.29, 1.82) is 0 Å². The van der Waals surface area contributed by atoms with E-state index in [9.17, 15) is 15.0 Å². The van der Waals surface area contributed by atoms with E-state index in [0.29, 0.717) is 54.6 Å². The molecule has 2 heterocycles. The summed E-state index contributed by atoms with van der Waals surface area (Å²) < 4.78 is 13.2. The molecule has 0 amide bonds. The molecule has 2 aliphatic heterocycles. The first-order chi connectivity index (χ1) is 15.1. The van der Waals surface area contributed by atoms with E-state index in [4.69, 9.17) is 9.47 Å². The van der Waals surface area contributed by atoms with Gasteiger partial charge in [0.05, 0.1) is 24.9 Å². The maximum atomic E-state index is 14.0. The number of rotatable bonds is 0. The lowest BCUT2D eigenvalue weighted by molar-refractivity contribution is -0.272. The number of carbonyl (C=O) groups is 1. The van der Waals surface area contributed by atoms with Crippen molar-refractivity contribution in [2.24, 2.45) is 52.3 Å². The molecule has 180 valence electrons. The Morgan fingerprint density at radius 2 is 1.78 bits per heavy atom. The van der Waals surface area contributed by atoms with Crippen LogP contribution in [0.3, 0.4) is 0 Å². The first-order valence-electron chi connectivity index (χ1n) is 13.3. The van der Waals surface area contributed by atoms with Crippen molar-refractivity contribution in [3.8, 4) is 0 Å². The highest BCUT2D eigenvalue weighted by Crippen LogP contribution is 2.70. The van der Waals surface area contributed by atoms with Gasteiger partial charge in [0.25, 0.3) is 0 Å². The summed E-state index contributed by atoms with van der Waals surface area (Å²) in [5.74, 6) is 2.64. The van der Waals surface area contributed by atoms with Crippen LogP contribution in [0.15, 0.2) is 0 Å². The molecular formula is C27H42O5. The van der Waals surface area contributed by atoms with Crippen molar-refractivity contribution in [3.05, 3.63) is 0 Å². The third-order valence-corrected chi connectivity index (χ3v) is 11.8. The summed E-state index contributed by atoms with van der Waals surface area (Å²) >= 11 is 0. The molecule has 0 bridgehead atoms. The lowest BCUT2D eigenvalue weighted by Gasteiger charge is -2.61. The van der Waals surface area contributed by atoms with Crippen molar-refractivity contribution in [1.82, 2.24) is 0 Å². The lowest BCUT2D eigenvalue weighted by Crippen LogP contribution is -2.59. The molecule has 6 rings (SSSR count). The highest BCUT2D eigenvalue weighted by atomic mass is 16.7. The molecule has 6 aliphatic rings. The Morgan fingerprint density at radius 3 is 2.50 bits per heavy atom. The molecule has 6 fully saturated rings. The third-order valence-electron chi connectivity index (χ3n) is 11.8. The van der Waals surface area contributed by atoms with E-state index >= 15 is 0 Å². The molecule has 0 aromatic rings. The molecule has 2 N–H and O–H groups in total. The fourth-order valence-electron chi connectivity index (χ4n) is 9.97. The highest BCUT2D eigenvalue weighted by molar-refractivity contribution is 5.87. The molecular weight excluding hydrogens is 404 g/mol. The quantitative estimate of drug-likeness (QED) is 0.589. The van der Waals surface area contributed by atoms with Gasteiger partial charge in [0.15, 0.2) is 5.79 Å². The van der Waals surface area contributed by atoms with Crippen LogP contribution in [0.25, 0.3) is 0 Å². The van der Waals surface area contributed by atoms with E-state index < -0.39 is 18.0 Å². The van der Waals surface area contributed by atoms with Gasteiger partial charge in [-0.25, -0.2) is 0 Å². The fourth-order valence-corrected chi connectivity index (χ4v) is 9.97. The lowest BCUT2D eigenvalue weighted by atomic mass is 9.43. The Kier molecular flexibility index (Phi) is 4.83. The number of carbonyl (C=O) groups excluding carboxylic acids is 1. The van der Waals surface area contributed by atoms with Gasteiger partial charge in [-0.1, -0.05) is 27.7 Å². The second kappa shape index (κ2) is 7.02. The van der Waals surface area contributed by atoms with E-state index in [1.807, 2.05) is 0 Å². The molecule has 13 atom stereocenters. The highest BCUT2D eigenvalue weighted by Gasteiger charge is 2.71. The summed E-state index contributed by atoms with van der Waals surface area (Å²) in [4.78, 5) is 14.0. The molecule has 5 heteroatoms. The van der Waals surface area contributed by atoms with Crippen molar-refractivity contribution in [2.75, 3.05) is 6.61 Å². The molecule has 2 saturated heterocycles. The average molecular weight is 447 g/mol. The summed E-state index contributed by atoms with van der Waals surface area (Å²) in [7, 11) is 0. The van der Waals surface area contributed by atoms with Crippen molar-refractivity contribution in [2.45, 2.75) is 103 Å². The van der Waals surface area contributed by atoms with Gasteiger partial charge in [-0.3, -0.25) is 4.79 Å². The summed E-state index contributed by atoms with van der Waals surface area (Å²) in [6.07, 6.45) is 6.12. The van der Waals surface area contributed by atoms with Crippen LogP contribution in [0.4, 0.5) is 0 Å². The molecule has 32 heavy (non-hydrogen) atoms. The normalized spacial score (nSPS) is 61.8. The number of Topliss-reactive ketones (excluding diaryl/α,β-unsaturated/α-hetero) is 1. The van der Waals surface area contributed by atoms with Crippen molar-refractivity contribution in [3.63, 3.8) is 0 Å². The zero-order chi connectivity index (χ0) is 22.6. The molecule has 4 saturated carbocycles. The van der Waals surface area contributed by atoms with Crippen LogP contribution < -0.4 is 0 Å². The Balaban J connectivity index is 1.30. The zero-order valence-electron chi connectivity index (χ0n) is 20.3. The molecule has 1 spiro atoms. The van der Waals surface area contributed by atoms with Crippen LogP contribution in [-0.2, 0) is 14.3 Å². The number of aliphatic hydroxyl groups is 2. The van der Waals surface area contributed by atoms with Crippen LogP contribution in [0.5, 0.6) is 0 Å². The molecule has 0 aromatic heterocycles. The van der Waals surface area contributed by atoms with E-state index in [2.05, 4.69) is 27.7 Å². The molecule has 4 aliphatic carbocycles. The number of ether oxygens (including phenoxy) is 2. The maximum Gasteiger partial charge on any atom is 0.171 e. The van der Waals surface area contributed by atoms with E-state index in [1.54, 1.807) is 0 Å². The van der Waals surface area contributed by atoms with E-state index in [0.717, 1.165) is 38.7 Å². The topological polar surface area (TPSA) is 76.0 Å². The first-order valence-corrected chi connectivity index (χ1v) is 13.3. The monoisotopic (exact) mass is 446 g/mol. The number of aliphatic hydroxyl groups excluding tert-OH is 2. The Labute approximate surface area is 192 Å². The zero-order valence-corrected chi connectivity index (χ0v) is 20.3. The standard InChI is InChI=1S/C27H42O5/c1-14-7-8-27(31-13-14)15(2)24-22(32-27)10-19-17-6-5-16-9-20(28)21(29)12-25(16,3)18(17)11-23(30)26(19,24)4/h14-22,24,28-29H,5-13H2,1-4H3/t14-,15?,16?,17?,18?,19?,20-,21?,22?,24?,25+,26-,27?/m1/s1. The Hall–Kier alpha value is -0.490. The minimum absolute atomic E-state index is 0.0490. The SMILES string of the molecule is CC1C2C(CC3C4CCC5C[C@@H](O)C(O)C[C@]5(C)C4CC(=O)[C@@]32C)OC12CC[C@@H](C)CO2. The average Bonchev–Trinajstić information content (AvgIpc) is 3.19. The van der Waals surface area contributed by atoms with Crippen molar-refractivity contribution < 1.29 is 24.5 Å². The largest absolute Gasteiger partial charge is 0.390 e. The minimum atomic E-state index is -0.657. The van der Waals surface area contributed by atoms with Gasteiger partial charge in [-0.05, 0) is 73.5 Å². The third kappa shape index (κ3) is 2.69. The van der Waals surface area contributed by atoms with Crippen LogP contribution in [0, 0.1) is 52.3 Å². The number of hydrogen-bond donors (Lipinski definition) is 2. The van der Waals surface area contributed by atoms with Gasteiger partial charge >= 0.3 is 0 Å². The van der Waals surface area contributed by atoms with Crippen LogP contribution in [-0.4, -0.2) is 46.7 Å². The van der Waals surface area contributed by atoms with Gasteiger partial charge in [-0.15, -0.1) is 0 Å². The van der Waals surface area contributed by atoms with Gasteiger partial charge in [0.1, 0.15) is 5.78 Å². The molecule has 0 aromatic carbocycles. The summed E-state index contributed by atoms with van der Waals surface area (Å²) in [5.41, 5.74) is -0.371. The van der Waals surface area contributed by atoms with Gasteiger partial charge in [-0.2, -0.15) is 0 Å². The van der Waals surface area contributed by atoms with Crippen LogP contribution in [0.1, 0.15) is 79.1 Å². The predicted octanol–water partition coefficient (Wildman–Crippen LogP) is 3.94. The smallest absolute Gasteiger partial charge is 0.171 e. The van der Waals surface area contributed by atoms with Crippen LogP contribution >= 0.6 is 0 Å². The Morgan fingerprint density at radius 1 is 1.00 bits per heavy atom. The van der Waals surface area contributed by atoms with Gasteiger partial charge < -0.3 is 19.7 Å². The second-order valence-electron chi connectivity index (χ2n) is 13.1. The Bertz CT molecular complexity index is 789. The maximum absolute atomic E-state index is 14.0. The predicted molar refractivity (Wildman–Crippen MR) is 120 cm³/mol. The van der Waals surface area contributed by atoms with Crippen LogP contribution in [0.2, 0.25) is 0 Å². The summed E-state index contributed by atoms with van der Waals surface area (Å²) in [6, 6.07) is 0. The van der Waals surface area contributed by atoms with Crippen molar-refractivity contribution >= 4 is 5.78 Å².